The quantitative estimate of drug-likeness (QED) is 0.394. The number of amides is 2. The summed E-state index contributed by atoms with van der Waals surface area (Å²) in [6.45, 7) is 0.296. The highest BCUT2D eigenvalue weighted by atomic mass is 32.1. The molecule has 0 spiro atoms. The van der Waals surface area contributed by atoms with Crippen LogP contribution in [0.2, 0.25) is 0 Å². The molecule has 182 valence electrons. The van der Waals surface area contributed by atoms with Crippen molar-refractivity contribution in [3.63, 3.8) is 0 Å². The number of methoxy groups -OCH3 is 1. The summed E-state index contributed by atoms with van der Waals surface area (Å²) in [6, 6.07) is 17.1. The van der Waals surface area contributed by atoms with E-state index in [1.54, 1.807) is 17.5 Å². The fourth-order valence-electron chi connectivity index (χ4n) is 4.24. The molecule has 0 saturated heterocycles. The highest BCUT2D eigenvalue weighted by Crippen LogP contribution is 2.44. The highest BCUT2D eigenvalue weighted by Gasteiger charge is 2.31. The lowest BCUT2D eigenvalue weighted by Crippen LogP contribution is -2.49. The standard InChI is InChI=1S/C26H26N2O6S/c1-33-13-12-21(24(29)28-23(25(30)31)22-11-6-14-35-22)27-26(32)34-15-20-18-9-4-2-7-16(18)17-8-3-5-10-19(17)20/h2-11,14,20-21,23H,12-13,15H2,1H3,(H,27,32)(H,28,29)(H,30,31). The van der Waals surface area contributed by atoms with E-state index in [4.69, 9.17) is 9.47 Å². The Labute approximate surface area is 206 Å². The van der Waals surface area contributed by atoms with E-state index in [-0.39, 0.29) is 25.6 Å². The maximum atomic E-state index is 12.9. The first kappa shape index (κ1) is 24.4. The topological polar surface area (TPSA) is 114 Å². The van der Waals surface area contributed by atoms with E-state index in [9.17, 15) is 19.5 Å². The number of carbonyl (C=O) groups excluding carboxylic acids is 2. The molecular formula is C26H26N2O6S. The molecule has 35 heavy (non-hydrogen) atoms. The molecule has 0 fully saturated rings. The first-order valence-electron chi connectivity index (χ1n) is 11.2. The largest absolute Gasteiger partial charge is 0.479 e. The van der Waals surface area contributed by atoms with Gasteiger partial charge in [-0.05, 0) is 33.7 Å². The molecule has 2 atom stereocenters. The zero-order valence-electron chi connectivity index (χ0n) is 19.1. The van der Waals surface area contributed by atoms with Crippen LogP contribution in [0.15, 0.2) is 66.0 Å². The number of rotatable bonds is 10. The molecule has 8 nitrogen and oxygen atoms in total. The molecule has 1 aromatic heterocycles. The number of fused-ring (bicyclic) bond motifs is 3. The molecule has 1 aliphatic carbocycles. The van der Waals surface area contributed by atoms with Crippen molar-refractivity contribution in [2.45, 2.75) is 24.4 Å². The summed E-state index contributed by atoms with van der Waals surface area (Å²) >= 11 is 1.22. The van der Waals surface area contributed by atoms with Crippen LogP contribution in [0.3, 0.4) is 0 Å². The van der Waals surface area contributed by atoms with Crippen LogP contribution < -0.4 is 10.6 Å². The Morgan fingerprint density at radius 3 is 2.20 bits per heavy atom. The molecule has 2 unspecified atom stereocenters. The van der Waals surface area contributed by atoms with Crippen LogP contribution in [0.4, 0.5) is 4.79 Å². The first-order chi connectivity index (χ1) is 17.0. The number of hydrogen-bond donors (Lipinski definition) is 3. The van der Waals surface area contributed by atoms with Crippen LogP contribution in [0.5, 0.6) is 0 Å². The Morgan fingerprint density at radius 1 is 0.971 bits per heavy atom. The Morgan fingerprint density at radius 2 is 1.63 bits per heavy atom. The van der Waals surface area contributed by atoms with Crippen molar-refractivity contribution in [2.24, 2.45) is 0 Å². The second-order valence-electron chi connectivity index (χ2n) is 8.10. The van der Waals surface area contributed by atoms with E-state index in [2.05, 4.69) is 10.6 Å². The summed E-state index contributed by atoms with van der Waals surface area (Å²) < 4.78 is 10.6. The smallest absolute Gasteiger partial charge is 0.407 e. The molecule has 3 aromatic rings. The average Bonchev–Trinajstić information content (AvgIpc) is 3.50. The average molecular weight is 495 g/mol. The SMILES string of the molecule is COCCC(NC(=O)OCC1c2ccccc2-c2ccccc21)C(=O)NC(C(=O)O)c1cccs1. The van der Waals surface area contributed by atoms with Crippen LogP contribution in [0.25, 0.3) is 11.1 Å². The molecule has 4 rings (SSSR count). The minimum absolute atomic E-state index is 0.103. The molecule has 0 bridgehead atoms. The number of hydrogen-bond acceptors (Lipinski definition) is 6. The second kappa shape index (κ2) is 11.2. The predicted octanol–water partition coefficient (Wildman–Crippen LogP) is 3.93. The van der Waals surface area contributed by atoms with Gasteiger partial charge in [-0.3, -0.25) is 4.79 Å². The van der Waals surface area contributed by atoms with Crippen molar-refractivity contribution in [1.82, 2.24) is 10.6 Å². The lowest BCUT2D eigenvalue weighted by atomic mass is 9.98. The third-order valence-corrected chi connectivity index (χ3v) is 6.86. The number of carboxylic acid groups (broad SMARTS) is 1. The lowest BCUT2D eigenvalue weighted by molar-refractivity contribution is -0.142. The van der Waals surface area contributed by atoms with E-state index in [1.165, 1.54) is 18.4 Å². The van der Waals surface area contributed by atoms with Gasteiger partial charge in [0.2, 0.25) is 5.91 Å². The number of ether oxygens (including phenoxy) is 2. The van der Waals surface area contributed by atoms with Gasteiger partial charge in [0, 0.05) is 30.9 Å². The maximum Gasteiger partial charge on any atom is 0.407 e. The Kier molecular flexibility index (Phi) is 7.79. The summed E-state index contributed by atoms with van der Waals surface area (Å²) in [6.07, 6.45) is -0.602. The van der Waals surface area contributed by atoms with Gasteiger partial charge in [0.05, 0.1) is 0 Å². The Bertz CT molecular complexity index is 1150. The molecule has 2 amide bonds. The number of benzene rings is 2. The van der Waals surface area contributed by atoms with E-state index in [1.807, 2.05) is 48.5 Å². The minimum Gasteiger partial charge on any atom is -0.479 e. The van der Waals surface area contributed by atoms with Gasteiger partial charge in [0.25, 0.3) is 0 Å². The highest BCUT2D eigenvalue weighted by molar-refractivity contribution is 7.10. The molecule has 0 radical (unpaired) electrons. The monoisotopic (exact) mass is 494 g/mol. The van der Waals surface area contributed by atoms with Crippen molar-refractivity contribution in [1.29, 1.82) is 0 Å². The lowest BCUT2D eigenvalue weighted by Gasteiger charge is -2.21. The zero-order valence-corrected chi connectivity index (χ0v) is 19.9. The molecule has 1 aliphatic rings. The van der Waals surface area contributed by atoms with Gasteiger partial charge in [-0.1, -0.05) is 54.6 Å². The van der Waals surface area contributed by atoms with E-state index < -0.39 is 30.1 Å². The van der Waals surface area contributed by atoms with Crippen molar-refractivity contribution >= 4 is 29.3 Å². The van der Waals surface area contributed by atoms with Crippen molar-refractivity contribution < 1.29 is 29.0 Å². The normalized spacial score (nSPS) is 13.9. The van der Waals surface area contributed by atoms with Gasteiger partial charge in [-0.15, -0.1) is 11.3 Å². The third-order valence-electron chi connectivity index (χ3n) is 5.92. The molecule has 0 saturated carbocycles. The predicted molar refractivity (Wildman–Crippen MR) is 131 cm³/mol. The fourth-order valence-corrected chi connectivity index (χ4v) is 5.01. The molecule has 0 aliphatic heterocycles. The van der Waals surface area contributed by atoms with E-state index in [0.29, 0.717) is 4.88 Å². The van der Waals surface area contributed by atoms with Crippen molar-refractivity contribution in [2.75, 3.05) is 20.3 Å². The number of aliphatic carboxylic acids is 1. The molecular weight excluding hydrogens is 468 g/mol. The minimum atomic E-state index is -1.21. The van der Waals surface area contributed by atoms with Crippen molar-refractivity contribution in [3.05, 3.63) is 82.0 Å². The Hall–Kier alpha value is -3.69. The fraction of sp³-hybridized carbons (Fsp3) is 0.269. The van der Waals surface area contributed by atoms with Crippen LogP contribution in [0.1, 0.15) is 34.4 Å². The first-order valence-corrected chi connectivity index (χ1v) is 12.0. The van der Waals surface area contributed by atoms with Gasteiger partial charge < -0.3 is 25.2 Å². The van der Waals surface area contributed by atoms with Crippen LogP contribution in [0, 0.1) is 0 Å². The maximum absolute atomic E-state index is 12.9. The summed E-state index contributed by atoms with van der Waals surface area (Å²) in [5.41, 5.74) is 4.39. The summed E-state index contributed by atoms with van der Waals surface area (Å²) in [5, 5.41) is 16.4. The number of carbonyl (C=O) groups is 3. The van der Waals surface area contributed by atoms with Crippen LogP contribution in [-0.2, 0) is 19.1 Å². The van der Waals surface area contributed by atoms with Crippen LogP contribution in [-0.4, -0.2) is 49.4 Å². The molecule has 3 N–H and O–H groups in total. The van der Waals surface area contributed by atoms with Gasteiger partial charge in [0.1, 0.15) is 12.6 Å². The van der Waals surface area contributed by atoms with Gasteiger partial charge in [0.15, 0.2) is 6.04 Å². The molecule has 1 heterocycles. The van der Waals surface area contributed by atoms with E-state index >= 15 is 0 Å². The number of nitrogens with one attached hydrogen (secondary N) is 2. The second-order valence-corrected chi connectivity index (χ2v) is 9.08. The van der Waals surface area contributed by atoms with Gasteiger partial charge in [-0.25, -0.2) is 9.59 Å². The number of alkyl carbamates (subject to hydrolysis) is 1. The zero-order chi connectivity index (χ0) is 24.8. The molecule has 2 aromatic carbocycles. The summed E-state index contributed by atoms with van der Waals surface area (Å²) in [7, 11) is 1.48. The third kappa shape index (κ3) is 5.52. The van der Waals surface area contributed by atoms with Gasteiger partial charge in [-0.2, -0.15) is 0 Å². The number of thiophene rings is 1. The van der Waals surface area contributed by atoms with Crippen LogP contribution >= 0.6 is 11.3 Å². The van der Waals surface area contributed by atoms with Crippen molar-refractivity contribution in [3.8, 4) is 11.1 Å². The van der Waals surface area contributed by atoms with E-state index in [0.717, 1.165) is 22.3 Å². The summed E-state index contributed by atoms with van der Waals surface area (Å²) in [5.74, 6) is -1.93. The van der Waals surface area contributed by atoms with Gasteiger partial charge >= 0.3 is 12.1 Å². The summed E-state index contributed by atoms with van der Waals surface area (Å²) in [4.78, 5) is 37.8. The molecule has 9 heteroatoms. The Balaban J connectivity index is 1.42. The number of carboxylic acids is 1.